The molecule has 0 spiro atoms. The first-order chi connectivity index (χ1) is 12.4. The molecule has 3 aromatic rings. The minimum atomic E-state index is -0.121. The van der Waals surface area contributed by atoms with Crippen molar-refractivity contribution >= 4 is 66.1 Å². The number of thioether (sulfide) groups is 1. The van der Waals surface area contributed by atoms with E-state index in [1.165, 1.54) is 0 Å². The van der Waals surface area contributed by atoms with E-state index in [0.717, 1.165) is 15.4 Å². The van der Waals surface area contributed by atoms with Gasteiger partial charge in [-0.15, -0.1) is 0 Å². The fraction of sp³-hybridized carbons (Fsp3) is 0.263. The first-order valence-electron chi connectivity index (χ1n) is 8.19. The predicted molar refractivity (Wildman–Crippen MR) is 119 cm³/mol. The van der Waals surface area contributed by atoms with Crippen LogP contribution in [0.1, 0.15) is 26.1 Å². The molecule has 0 aliphatic carbocycles. The highest BCUT2D eigenvalue weighted by Gasteiger charge is 2.17. The second-order valence-corrected chi connectivity index (χ2v) is 9.54. The SMILES string of the molecule is CCC(C)SCc1nc2c(Br)cc(Br)cc2c(=O)n1-c1ccccc1Cl. The maximum absolute atomic E-state index is 13.3. The van der Waals surface area contributed by atoms with E-state index in [1.54, 1.807) is 28.5 Å². The smallest absolute Gasteiger partial charge is 0.266 e. The monoisotopic (exact) mass is 514 g/mol. The van der Waals surface area contributed by atoms with E-state index in [2.05, 4.69) is 45.7 Å². The molecule has 2 aromatic carbocycles. The van der Waals surface area contributed by atoms with Crippen LogP contribution < -0.4 is 5.56 Å². The summed E-state index contributed by atoms with van der Waals surface area (Å²) < 4.78 is 3.25. The lowest BCUT2D eigenvalue weighted by molar-refractivity contribution is 0.869. The Bertz CT molecular complexity index is 1020. The molecule has 0 saturated carbocycles. The molecule has 1 unspecified atom stereocenters. The number of benzene rings is 2. The Morgan fingerprint density at radius 2 is 2.00 bits per heavy atom. The number of nitrogens with zero attached hydrogens (tertiary/aromatic N) is 2. The van der Waals surface area contributed by atoms with Gasteiger partial charge < -0.3 is 0 Å². The summed E-state index contributed by atoms with van der Waals surface area (Å²) in [5, 5.41) is 1.55. The average molecular weight is 517 g/mol. The summed E-state index contributed by atoms with van der Waals surface area (Å²) in [6, 6.07) is 11.1. The van der Waals surface area contributed by atoms with Crippen molar-refractivity contribution in [3.05, 3.63) is 66.5 Å². The van der Waals surface area contributed by atoms with Gasteiger partial charge in [-0.05, 0) is 46.6 Å². The number of fused-ring (bicyclic) bond motifs is 1. The Hall–Kier alpha value is -0.820. The van der Waals surface area contributed by atoms with Crippen LogP contribution in [-0.2, 0) is 5.75 Å². The quantitative estimate of drug-likeness (QED) is 0.383. The Labute approximate surface area is 178 Å². The van der Waals surface area contributed by atoms with E-state index < -0.39 is 0 Å². The van der Waals surface area contributed by atoms with Crippen LogP contribution in [0.2, 0.25) is 5.02 Å². The van der Waals surface area contributed by atoms with Gasteiger partial charge in [0.1, 0.15) is 5.82 Å². The minimum Gasteiger partial charge on any atom is -0.268 e. The second kappa shape index (κ2) is 8.46. The number of para-hydroxylation sites is 1. The van der Waals surface area contributed by atoms with Gasteiger partial charge in [0.15, 0.2) is 0 Å². The van der Waals surface area contributed by atoms with Crippen LogP contribution in [-0.4, -0.2) is 14.8 Å². The van der Waals surface area contributed by atoms with Crippen molar-refractivity contribution in [3.8, 4) is 5.69 Å². The van der Waals surface area contributed by atoms with E-state index in [1.807, 2.05) is 24.3 Å². The van der Waals surface area contributed by atoms with Crippen LogP contribution in [0.15, 0.2) is 50.1 Å². The molecule has 0 radical (unpaired) electrons. The van der Waals surface area contributed by atoms with Gasteiger partial charge in [-0.25, -0.2) is 4.98 Å². The fourth-order valence-corrected chi connectivity index (χ4v) is 4.97. The maximum atomic E-state index is 13.3. The number of hydrogen-bond acceptors (Lipinski definition) is 3. The van der Waals surface area contributed by atoms with Crippen molar-refractivity contribution in [1.82, 2.24) is 9.55 Å². The molecule has 0 aliphatic rings. The number of halogens is 3. The molecule has 1 heterocycles. The number of hydrogen-bond donors (Lipinski definition) is 0. The molecule has 0 fully saturated rings. The van der Waals surface area contributed by atoms with Crippen molar-refractivity contribution in [2.45, 2.75) is 31.3 Å². The summed E-state index contributed by atoms with van der Waals surface area (Å²) in [7, 11) is 0. The second-order valence-electron chi connectivity index (χ2n) is 5.93. The van der Waals surface area contributed by atoms with E-state index in [9.17, 15) is 4.79 Å². The molecule has 3 nitrogen and oxygen atoms in total. The Balaban J connectivity index is 2.30. The molecule has 0 aliphatic heterocycles. The van der Waals surface area contributed by atoms with Gasteiger partial charge in [-0.1, -0.05) is 53.5 Å². The highest BCUT2D eigenvalue weighted by molar-refractivity contribution is 9.11. The van der Waals surface area contributed by atoms with Gasteiger partial charge in [0, 0.05) is 14.2 Å². The van der Waals surface area contributed by atoms with Gasteiger partial charge in [-0.3, -0.25) is 9.36 Å². The zero-order chi connectivity index (χ0) is 18.8. The highest BCUT2D eigenvalue weighted by Crippen LogP contribution is 2.29. The van der Waals surface area contributed by atoms with Crippen molar-refractivity contribution < 1.29 is 0 Å². The van der Waals surface area contributed by atoms with Crippen LogP contribution in [0, 0.1) is 0 Å². The van der Waals surface area contributed by atoms with Gasteiger partial charge >= 0.3 is 0 Å². The third-order valence-electron chi connectivity index (χ3n) is 4.13. The molecule has 1 atom stereocenters. The summed E-state index contributed by atoms with van der Waals surface area (Å²) in [4.78, 5) is 18.2. The highest BCUT2D eigenvalue weighted by atomic mass is 79.9. The average Bonchev–Trinajstić information content (AvgIpc) is 2.61. The van der Waals surface area contributed by atoms with E-state index in [0.29, 0.717) is 38.4 Å². The van der Waals surface area contributed by atoms with Gasteiger partial charge in [0.2, 0.25) is 0 Å². The number of aromatic nitrogens is 2. The van der Waals surface area contributed by atoms with Crippen LogP contribution in [0.4, 0.5) is 0 Å². The largest absolute Gasteiger partial charge is 0.268 e. The summed E-state index contributed by atoms with van der Waals surface area (Å²) in [6.45, 7) is 4.33. The summed E-state index contributed by atoms with van der Waals surface area (Å²) in [5.74, 6) is 1.33. The van der Waals surface area contributed by atoms with E-state index in [-0.39, 0.29) is 5.56 Å². The Morgan fingerprint density at radius 3 is 2.69 bits per heavy atom. The lowest BCUT2D eigenvalue weighted by atomic mass is 10.2. The molecule has 0 N–H and O–H groups in total. The molecule has 1 aromatic heterocycles. The van der Waals surface area contributed by atoms with E-state index >= 15 is 0 Å². The standard InChI is InChI=1S/C19H17Br2ClN2OS/c1-3-11(2)26-10-17-23-18-13(8-12(20)9-14(18)21)19(25)24(17)16-7-5-4-6-15(16)22/h4-9,11H,3,10H2,1-2H3. The summed E-state index contributed by atoms with van der Waals surface area (Å²) >= 11 is 15.2. The molecule has 7 heteroatoms. The molecule has 0 amide bonds. The third-order valence-corrected chi connectivity index (χ3v) is 6.84. The van der Waals surface area contributed by atoms with Crippen molar-refractivity contribution in [2.75, 3.05) is 0 Å². The predicted octanol–water partition coefficient (Wildman–Crippen LogP) is 6.60. The Morgan fingerprint density at radius 1 is 1.27 bits per heavy atom. The molecule has 3 rings (SSSR count). The van der Waals surface area contributed by atoms with Gasteiger partial charge in [0.05, 0.1) is 27.4 Å². The molecular weight excluding hydrogens is 500 g/mol. The molecule has 0 saturated heterocycles. The van der Waals surface area contributed by atoms with Crippen LogP contribution in [0.5, 0.6) is 0 Å². The van der Waals surface area contributed by atoms with Crippen LogP contribution >= 0.6 is 55.2 Å². The first kappa shape index (κ1) is 19.9. The first-order valence-corrected chi connectivity index (χ1v) is 11.2. The number of rotatable bonds is 5. The zero-order valence-corrected chi connectivity index (χ0v) is 19.0. The topological polar surface area (TPSA) is 34.9 Å². The Kier molecular flexibility index (Phi) is 6.49. The minimum absolute atomic E-state index is 0.121. The van der Waals surface area contributed by atoms with E-state index in [4.69, 9.17) is 16.6 Å². The third kappa shape index (κ3) is 4.03. The van der Waals surface area contributed by atoms with Crippen molar-refractivity contribution in [2.24, 2.45) is 0 Å². The van der Waals surface area contributed by atoms with Crippen molar-refractivity contribution in [1.29, 1.82) is 0 Å². The molecule has 136 valence electrons. The maximum Gasteiger partial charge on any atom is 0.266 e. The van der Waals surface area contributed by atoms with Gasteiger partial charge in [-0.2, -0.15) is 11.8 Å². The van der Waals surface area contributed by atoms with Crippen LogP contribution in [0.25, 0.3) is 16.6 Å². The van der Waals surface area contributed by atoms with Gasteiger partial charge in [0.25, 0.3) is 5.56 Å². The normalized spacial score (nSPS) is 12.5. The lowest BCUT2D eigenvalue weighted by Gasteiger charge is -2.16. The lowest BCUT2D eigenvalue weighted by Crippen LogP contribution is -2.24. The molecular formula is C19H17Br2ClN2OS. The summed E-state index contributed by atoms with van der Waals surface area (Å²) in [6.07, 6.45) is 1.06. The van der Waals surface area contributed by atoms with Crippen molar-refractivity contribution in [3.63, 3.8) is 0 Å². The fourth-order valence-electron chi connectivity index (χ4n) is 2.57. The zero-order valence-electron chi connectivity index (χ0n) is 14.3. The molecule has 26 heavy (non-hydrogen) atoms. The van der Waals surface area contributed by atoms with Crippen LogP contribution in [0.3, 0.4) is 0 Å². The molecule has 0 bridgehead atoms. The summed E-state index contributed by atoms with van der Waals surface area (Å²) in [5.41, 5.74) is 1.20.